The molecule has 2 aliphatic heterocycles. The van der Waals surface area contributed by atoms with Gasteiger partial charge in [0, 0.05) is 65.2 Å². The summed E-state index contributed by atoms with van der Waals surface area (Å²) in [7, 11) is 1.82. The third-order valence-corrected chi connectivity index (χ3v) is 6.20. The fraction of sp³-hybridized carbons (Fsp3) is 0.480. The van der Waals surface area contributed by atoms with E-state index in [0.717, 1.165) is 71.2 Å². The van der Waals surface area contributed by atoms with Crippen molar-refractivity contribution in [1.82, 2.24) is 15.5 Å². The van der Waals surface area contributed by atoms with E-state index in [2.05, 4.69) is 80.0 Å². The quantitative estimate of drug-likeness (QED) is 0.532. The summed E-state index contributed by atoms with van der Waals surface area (Å²) in [5.74, 6) is 0.835. The van der Waals surface area contributed by atoms with Gasteiger partial charge in [-0.2, -0.15) is 0 Å². The van der Waals surface area contributed by atoms with Gasteiger partial charge in [-0.1, -0.05) is 42.5 Å². The molecule has 2 heterocycles. The van der Waals surface area contributed by atoms with E-state index in [1.54, 1.807) is 0 Å². The number of aliphatic imine (C=N–C) groups is 1. The lowest BCUT2D eigenvalue weighted by Crippen LogP contribution is -2.46. The van der Waals surface area contributed by atoms with Crippen molar-refractivity contribution in [3.8, 4) is 0 Å². The van der Waals surface area contributed by atoms with Crippen LogP contribution in [0.15, 0.2) is 59.6 Å². The van der Waals surface area contributed by atoms with Crippen LogP contribution in [0.25, 0.3) is 0 Å². The van der Waals surface area contributed by atoms with Gasteiger partial charge in [0.1, 0.15) is 0 Å². The summed E-state index contributed by atoms with van der Waals surface area (Å²) in [6, 6.07) is 19.5. The minimum atomic E-state index is 0.306. The van der Waals surface area contributed by atoms with Crippen molar-refractivity contribution in [1.29, 1.82) is 0 Å². The standard InChI is InChI=1S/C25H35N5O/c1-26-25(28-19-24-12-7-17-31-24)27-18-21-8-5-6-9-22(21)20-29-13-15-30(16-14-29)23-10-3-2-4-11-23/h2-6,8-11,24H,7,12-20H2,1H3,(H2,26,27,28). The van der Waals surface area contributed by atoms with Gasteiger partial charge in [-0.05, 0) is 36.1 Å². The number of nitrogens with one attached hydrogen (secondary N) is 2. The van der Waals surface area contributed by atoms with Crippen LogP contribution < -0.4 is 15.5 Å². The van der Waals surface area contributed by atoms with Crippen LogP contribution in [0.3, 0.4) is 0 Å². The van der Waals surface area contributed by atoms with E-state index in [1.165, 1.54) is 16.8 Å². The van der Waals surface area contributed by atoms with Gasteiger partial charge in [-0.15, -0.1) is 0 Å². The Morgan fingerprint density at radius 2 is 1.71 bits per heavy atom. The highest BCUT2D eigenvalue weighted by Crippen LogP contribution is 2.18. The summed E-state index contributed by atoms with van der Waals surface area (Å²) >= 11 is 0. The molecule has 1 unspecified atom stereocenters. The summed E-state index contributed by atoms with van der Waals surface area (Å²) in [5.41, 5.74) is 4.04. The molecular formula is C25H35N5O. The number of anilines is 1. The number of benzene rings is 2. The van der Waals surface area contributed by atoms with E-state index in [4.69, 9.17) is 4.74 Å². The number of para-hydroxylation sites is 1. The maximum absolute atomic E-state index is 5.70. The molecule has 0 aromatic heterocycles. The molecule has 4 rings (SSSR count). The predicted octanol–water partition coefficient (Wildman–Crippen LogP) is 2.85. The molecule has 6 heteroatoms. The molecule has 2 fully saturated rings. The van der Waals surface area contributed by atoms with E-state index in [-0.39, 0.29) is 0 Å². The lowest BCUT2D eigenvalue weighted by Gasteiger charge is -2.36. The topological polar surface area (TPSA) is 52.1 Å². The molecular weight excluding hydrogens is 386 g/mol. The molecule has 0 saturated carbocycles. The molecule has 6 nitrogen and oxygen atoms in total. The second kappa shape index (κ2) is 11.2. The Morgan fingerprint density at radius 3 is 2.42 bits per heavy atom. The molecule has 31 heavy (non-hydrogen) atoms. The largest absolute Gasteiger partial charge is 0.376 e. The zero-order valence-corrected chi connectivity index (χ0v) is 18.6. The Balaban J connectivity index is 1.27. The molecule has 166 valence electrons. The minimum Gasteiger partial charge on any atom is -0.376 e. The number of hydrogen-bond donors (Lipinski definition) is 2. The number of nitrogens with zero attached hydrogens (tertiary/aromatic N) is 3. The lowest BCUT2D eigenvalue weighted by molar-refractivity contribution is 0.114. The molecule has 2 saturated heterocycles. The van der Waals surface area contributed by atoms with Crippen LogP contribution in [0.1, 0.15) is 24.0 Å². The normalized spacial score (nSPS) is 20.1. The van der Waals surface area contributed by atoms with Gasteiger partial charge >= 0.3 is 0 Å². The van der Waals surface area contributed by atoms with Crippen molar-refractivity contribution >= 4 is 11.6 Å². The van der Waals surface area contributed by atoms with Crippen LogP contribution >= 0.6 is 0 Å². The minimum absolute atomic E-state index is 0.306. The van der Waals surface area contributed by atoms with Gasteiger partial charge in [0.15, 0.2) is 5.96 Å². The van der Waals surface area contributed by atoms with Gasteiger partial charge in [-0.25, -0.2) is 0 Å². The molecule has 1 atom stereocenters. The van der Waals surface area contributed by atoms with E-state index >= 15 is 0 Å². The molecule has 2 aromatic carbocycles. The summed E-state index contributed by atoms with van der Waals surface area (Å²) < 4.78 is 5.70. The highest BCUT2D eigenvalue weighted by Gasteiger charge is 2.18. The molecule has 0 aliphatic carbocycles. The van der Waals surface area contributed by atoms with Gasteiger partial charge in [0.25, 0.3) is 0 Å². The maximum Gasteiger partial charge on any atom is 0.191 e. The van der Waals surface area contributed by atoms with E-state index < -0.39 is 0 Å². The van der Waals surface area contributed by atoms with Crippen LogP contribution in [0.2, 0.25) is 0 Å². The van der Waals surface area contributed by atoms with Gasteiger partial charge in [-0.3, -0.25) is 9.89 Å². The second-order valence-corrected chi connectivity index (χ2v) is 8.31. The van der Waals surface area contributed by atoms with Crippen LogP contribution in [0.4, 0.5) is 5.69 Å². The number of guanidine groups is 1. The summed E-state index contributed by atoms with van der Waals surface area (Å²) in [6.07, 6.45) is 2.59. The van der Waals surface area contributed by atoms with Crippen molar-refractivity contribution in [2.24, 2.45) is 4.99 Å². The Hall–Kier alpha value is -2.57. The lowest BCUT2D eigenvalue weighted by atomic mass is 10.1. The predicted molar refractivity (Wildman–Crippen MR) is 128 cm³/mol. The van der Waals surface area contributed by atoms with Gasteiger partial charge in [0.05, 0.1) is 6.10 Å². The first-order valence-corrected chi connectivity index (χ1v) is 11.5. The average Bonchev–Trinajstić information content (AvgIpc) is 3.35. The third kappa shape index (κ3) is 6.21. The van der Waals surface area contributed by atoms with Crippen molar-refractivity contribution in [3.05, 3.63) is 65.7 Å². The van der Waals surface area contributed by atoms with Crippen molar-refractivity contribution in [2.45, 2.75) is 32.0 Å². The van der Waals surface area contributed by atoms with E-state index in [9.17, 15) is 0 Å². The third-order valence-electron chi connectivity index (χ3n) is 6.20. The Kier molecular flexibility index (Phi) is 7.80. The first kappa shape index (κ1) is 21.7. The molecule has 0 bridgehead atoms. The van der Waals surface area contributed by atoms with Crippen molar-refractivity contribution < 1.29 is 4.74 Å². The number of rotatable bonds is 7. The molecule has 0 amide bonds. The van der Waals surface area contributed by atoms with Gasteiger partial charge < -0.3 is 20.3 Å². The first-order chi connectivity index (χ1) is 15.3. The monoisotopic (exact) mass is 421 g/mol. The first-order valence-electron chi connectivity index (χ1n) is 11.5. The van der Waals surface area contributed by atoms with Crippen LogP contribution in [0.5, 0.6) is 0 Å². The fourth-order valence-electron chi connectivity index (χ4n) is 4.34. The summed E-state index contributed by atoms with van der Waals surface area (Å²) in [6.45, 7) is 7.77. The Bertz CT molecular complexity index is 827. The fourth-order valence-corrected chi connectivity index (χ4v) is 4.34. The average molecular weight is 422 g/mol. The van der Waals surface area contributed by atoms with Gasteiger partial charge in [0.2, 0.25) is 0 Å². The zero-order valence-electron chi connectivity index (χ0n) is 18.6. The Labute approximate surface area is 186 Å². The maximum atomic E-state index is 5.70. The summed E-state index contributed by atoms with van der Waals surface area (Å²) in [4.78, 5) is 9.41. The SMILES string of the molecule is CN=C(NCc1ccccc1CN1CCN(c2ccccc2)CC1)NCC1CCCO1. The Morgan fingerprint density at radius 1 is 0.968 bits per heavy atom. The molecule has 0 radical (unpaired) electrons. The van der Waals surface area contributed by atoms with E-state index in [0.29, 0.717) is 6.10 Å². The smallest absolute Gasteiger partial charge is 0.191 e. The molecule has 2 N–H and O–H groups in total. The van der Waals surface area contributed by atoms with Crippen LogP contribution in [0, 0.1) is 0 Å². The summed E-state index contributed by atoms with van der Waals surface area (Å²) in [5, 5.41) is 6.87. The van der Waals surface area contributed by atoms with E-state index in [1.807, 2.05) is 7.05 Å². The molecule has 0 spiro atoms. The van der Waals surface area contributed by atoms with Crippen molar-refractivity contribution in [3.63, 3.8) is 0 Å². The highest BCUT2D eigenvalue weighted by molar-refractivity contribution is 5.79. The van der Waals surface area contributed by atoms with Crippen LogP contribution in [-0.2, 0) is 17.8 Å². The second-order valence-electron chi connectivity index (χ2n) is 8.31. The number of ether oxygens (including phenoxy) is 1. The number of piperazine rings is 1. The van der Waals surface area contributed by atoms with Crippen molar-refractivity contribution in [2.75, 3.05) is 51.3 Å². The highest BCUT2D eigenvalue weighted by atomic mass is 16.5. The molecule has 2 aromatic rings. The zero-order chi connectivity index (χ0) is 21.3. The number of hydrogen-bond acceptors (Lipinski definition) is 4. The molecule has 2 aliphatic rings. The van der Waals surface area contributed by atoms with Crippen LogP contribution in [-0.4, -0.2) is 63.3 Å².